The highest BCUT2D eigenvalue weighted by Crippen LogP contribution is 2.33. The summed E-state index contributed by atoms with van der Waals surface area (Å²) in [4.78, 5) is 6.87. The molecule has 0 amide bonds. The number of rotatable bonds is 7. The van der Waals surface area contributed by atoms with Crippen molar-refractivity contribution < 1.29 is 22.3 Å². The van der Waals surface area contributed by atoms with Gasteiger partial charge >= 0.3 is 0 Å². The van der Waals surface area contributed by atoms with Crippen molar-refractivity contribution in [3.8, 4) is 11.5 Å². The number of halogens is 2. The van der Waals surface area contributed by atoms with Gasteiger partial charge in [0.1, 0.15) is 17.3 Å². The van der Waals surface area contributed by atoms with Crippen LogP contribution in [0.4, 0.5) is 9.52 Å². The van der Waals surface area contributed by atoms with Gasteiger partial charge in [0.05, 0.1) is 35.1 Å². The first-order chi connectivity index (χ1) is 15.8. The van der Waals surface area contributed by atoms with E-state index in [4.69, 9.17) is 26.1 Å². The summed E-state index contributed by atoms with van der Waals surface area (Å²) in [5.41, 5.74) is 1.93. The molecule has 4 rings (SSSR count). The van der Waals surface area contributed by atoms with E-state index in [0.29, 0.717) is 32.4 Å². The standard InChI is InChI=1S/C23H24ClFN2O4S2/c1-30-18-5-3-15(21(13-18)31-2)11-17-14-32-23(26-17)27-9-7-19(8-10-27)33(28,29)22-6-4-16(25)12-20(22)24/h3-6,12-14,19H,7-11H2,1-2H3. The molecular formula is C23H24ClFN2O4S2. The van der Waals surface area contributed by atoms with Crippen LogP contribution in [0.1, 0.15) is 24.1 Å². The number of aromatic nitrogens is 1. The van der Waals surface area contributed by atoms with E-state index >= 15 is 0 Å². The molecule has 3 aromatic rings. The average Bonchev–Trinajstić information content (AvgIpc) is 3.27. The van der Waals surface area contributed by atoms with E-state index in [2.05, 4.69) is 4.90 Å². The van der Waals surface area contributed by atoms with E-state index in [9.17, 15) is 12.8 Å². The summed E-state index contributed by atoms with van der Waals surface area (Å²) in [5, 5.41) is 2.25. The maximum Gasteiger partial charge on any atom is 0.185 e. The average molecular weight is 511 g/mol. The molecule has 176 valence electrons. The van der Waals surface area contributed by atoms with Crippen LogP contribution in [0.3, 0.4) is 0 Å². The molecule has 0 N–H and O–H groups in total. The Kier molecular flexibility index (Phi) is 7.11. The third-order valence-corrected chi connectivity index (χ3v) is 9.45. The fraction of sp³-hybridized carbons (Fsp3) is 0.348. The van der Waals surface area contributed by atoms with Crippen LogP contribution in [-0.2, 0) is 16.3 Å². The van der Waals surface area contributed by atoms with Crippen molar-refractivity contribution in [1.29, 1.82) is 0 Å². The second-order valence-corrected chi connectivity index (χ2v) is 11.2. The van der Waals surface area contributed by atoms with Crippen molar-refractivity contribution in [2.75, 3.05) is 32.2 Å². The third-order valence-electron chi connectivity index (χ3n) is 5.76. The molecule has 6 nitrogen and oxygen atoms in total. The van der Waals surface area contributed by atoms with Gasteiger partial charge in [0.15, 0.2) is 15.0 Å². The van der Waals surface area contributed by atoms with Crippen LogP contribution in [-0.4, -0.2) is 46.0 Å². The fourth-order valence-electron chi connectivity index (χ4n) is 3.96. The number of ether oxygens (including phenoxy) is 2. The van der Waals surface area contributed by atoms with Crippen molar-refractivity contribution in [3.63, 3.8) is 0 Å². The Hall–Kier alpha value is -2.36. The van der Waals surface area contributed by atoms with E-state index in [0.717, 1.165) is 40.0 Å². The zero-order valence-corrected chi connectivity index (χ0v) is 20.6. The van der Waals surface area contributed by atoms with Gasteiger partial charge in [-0.3, -0.25) is 0 Å². The topological polar surface area (TPSA) is 68.7 Å². The fourth-order valence-corrected chi connectivity index (χ4v) is 7.11. The Morgan fingerprint density at radius 1 is 1.15 bits per heavy atom. The zero-order chi connectivity index (χ0) is 23.6. The predicted molar refractivity (Wildman–Crippen MR) is 128 cm³/mol. The molecule has 10 heteroatoms. The Bertz CT molecular complexity index is 1240. The summed E-state index contributed by atoms with van der Waals surface area (Å²) in [6.45, 7) is 1.14. The van der Waals surface area contributed by atoms with Crippen LogP contribution in [0, 0.1) is 5.82 Å². The summed E-state index contributed by atoms with van der Waals surface area (Å²) in [6, 6.07) is 9.12. The van der Waals surface area contributed by atoms with E-state index in [1.807, 2.05) is 23.6 Å². The number of nitrogens with zero attached hydrogens (tertiary/aromatic N) is 2. The van der Waals surface area contributed by atoms with E-state index < -0.39 is 20.9 Å². The van der Waals surface area contributed by atoms with Crippen LogP contribution in [0.15, 0.2) is 46.7 Å². The van der Waals surface area contributed by atoms with Crippen LogP contribution < -0.4 is 14.4 Å². The van der Waals surface area contributed by atoms with Gasteiger partial charge in [-0.15, -0.1) is 11.3 Å². The summed E-state index contributed by atoms with van der Waals surface area (Å²) >= 11 is 7.55. The number of anilines is 1. The molecule has 1 fully saturated rings. The van der Waals surface area contributed by atoms with Crippen LogP contribution >= 0.6 is 22.9 Å². The van der Waals surface area contributed by atoms with Crippen molar-refractivity contribution in [1.82, 2.24) is 4.98 Å². The molecule has 0 unspecified atom stereocenters. The summed E-state index contributed by atoms with van der Waals surface area (Å²) < 4.78 is 50.1. The normalized spacial score (nSPS) is 15.0. The van der Waals surface area contributed by atoms with Gasteiger partial charge in [0, 0.05) is 36.5 Å². The molecule has 0 spiro atoms. The van der Waals surface area contributed by atoms with Crippen molar-refractivity contribution >= 4 is 37.9 Å². The molecule has 2 heterocycles. The van der Waals surface area contributed by atoms with Crippen molar-refractivity contribution in [3.05, 3.63) is 63.9 Å². The minimum Gasteiger partial charge on any atom is -0.497 e. The minimum atomic E-state index is -3.63. The maximum absolute atomic E-state index is 13.3. The molecule has 0 radical (unpaired) electrons. The number of thiazole rings is 1. The lowest BCUT2D eigenvalue weighted by Gasteiger charge is -2.31. The predicted octanol–water partition coefficient (Wildman–Crippen LogP) is 4.99. The van der Waals surface area contributed by atoms with Crippen LogP contribution in [0.5, 0.6) is 11.5 Å². The lowest BCUT2D eigenvalue weighted by atomic mass is 10.1. The van der Waals surface area contributed by atoms with E-state index in [-0.39, 0.29) is 9.92 Å². The lowest BCUT2D eigenvalue weighted by Crippen LogP contribution is -2.39. The van der Waals surface area contributed by atoms with E-state index in [1.54, 1.807) is 25.6 Å². The van der Waals surface area contributed by atoms with E-state index in [1.165, 1.54) is 6.07 Å². The number of hydrogen-bond acceptors (Lipinski definition) is 7. The molecule has 0 aliphatic carbocycles. The Morgan fingerprint density at radius 3 is 2.58 bits per heavy atom. The Morgan fingerprint density at radius 2 is 1.91 bits per heavy atom. The molecule has 2 aromatic carbocycles. The van der Waals surface area contributed by atoms with Gasteiger partial charge in [0.25, 0.3) is 0 Å². The molecule has 0 saturated carbocycles. The number of benzene rings is 2. The number of piperidine rings is 1. The Labute approximate surface area is 201 Å². The highest BCUT2D eigenvalue weighted by Gasteiger charge is 2.33. The maximum atomic E-state index is 13.3. The van der Waals surface area contributed by atoms with Gasteiger partial charge < -0.3 is 14.4 Å². The van der Waals surface area contributed by atoms with Crippen molar-refractivity contribution in [2.45, 2.75) is 29.4 Å². The van der Waals surface area contributed by atoms with Crippen LogP contribution in [0.2, 0.25) is 5.02 Å². The molecule has 0 atom stereocenters. The first-order valence-electron chi connectivity index (χ1n) is 10.4. The quantitative estimate of drug-likeness (QED) is 0.417. The highest BCUT2D eigenvalue weighted by molar-refractivity contribution is 7.92. The van der Waals surface area contributed by atoms with Gasteiger partial charge in [0.2, 0.25) is 0 Å². The highest BCUT2D eigenvalue weighted by atomic mass is 35.5. The summed E-state index contributed by atoms with van der Waals surface area (Å²) in [7, 11) is -0.389. The van der Waals surface area contributed by atoms with Gasteiger partial charge in [-0.1, -0.05) is 17.7 Å². The second-order valence-electron chi connectivity index (χ2n) is 7.78. The first kappa shape index (κ1) is 23.8. The molecule has 1 aliphatic rings. The van der Waals surface area contributed by atoms with Gasteiger partial charge in [-0.2, -0.15) is 0 Å². The SMILES string of the molecule is COc1ccc(Cc2csc(N3CCC(S(=O)(=O)c4ccc(F)cc4Cl)CC3)n2)c(OC)c1. The molecular weight excluding hydrogens is 487 g/mol. The third kappa shape index (κ3) is 5.10. The first-order valence-corrected chi connectivity index (χ1v) is 13.2. The molecule has 1 aliphatic heterocycles. The number of sulfone groups is 1. The van der Waals surface area contributed by atoms with Gasteiger partial charge in [-0.05, 0) is 37.1 Å². The number of methoxy groups -OCH3 is 2. The van der Waals surface area contributed by atoms with Gasteiger partial charge in [-0.25, -0.2) is 17.8 Å². The molecule has 0 bridgehead atoms. The van der Waals surface area contributed by atoms with Crippen LogP contribution in [0.25, 0.3) is 0 Å². The summed E-state index contributed by atoms with van der Waals surface area (Å²) in [6.07, 6.45) is 1.53. The van der Waals surface area contributed by atoms with Crippen molar-refractivity contribution in [2.24, 2.45) is 0 Å². The molecule has 33 heavy (non-hydrogen) atoms. The monoisotopic (exact) mass is 510 g/mol. The Balaban J connectivity index is 1.42. The molecule has 1 saturated heterocycles. The minimum absolute atomic E-state index is 0.00556. The second kappa shape index (κ2) is 9.87. The molecule has 1 aromatic heterocycles. The summed E-state index contributed by atoms with van der Waals surface area (Å²) in [5.74, 6) is 0.921. The largest absolute Gasteiger partial charge is 0.497 e. The number of hydrogen-bond donors (Lipinski definition) is 0. The lowest BCUT2D eigenvalue weighted by molar-refractivity contribution is 0.391. The zero-order valence-electron chi connectivity index (χ0n) is 18.3. The smallest absolute Gasteiger partial charge is 0.185 e.